The fraction of sp³-hybridized carbons (Fsp3) is 0.429. The molecule has 0 bridgehead atoms. The summed E-state index contributed by atoms with van der Waals surface area (Å²) in [6.45, 7) is 9.35. The van der Waals surface area contributed by atoms with Gasteiger partial charge in [0, 0.05) is 26.2 Å². The fourth-order valence-electron chi connectivity index (χ4n) is 4.02. The van der Waals surface area contributed by atoms with Crippen molar-refractivity contribution in [2.45, 2.75) is 32.9 Å². The molecule has 1 fully saturated rings. The zero-order chi connectivity index (χ0) is 16.8. The molecule has 0 aliphatic carbocycles. The van der Waals surface area contributed by atoms with E-state index in [4.69, 9.17) is 0 Å². The molecule has 25 heavy (non-hydrogen) atoms. The van der Waals surface area contributed by atoms with Crippen LogP contribution in [0.4, 0.5) is 0 Å². The Morgan fingerprint density at radius 3 is 1.88 bits per heavy atom. The molecule has 1 heterocycles. The van der Waals surface area contributed by atoms with Crippen LogP contribution < -0.4 is 22.3 Å². The Labute approximate surface area is 164 Å². The van der Waals surface area contributed by atoms with Gasteiger partial charge >= 0.3 is 0 Å². The minimum atomic E-state index is -1.56. The van der Waals surface area contributed by atoms with Crippen LogP contribution in [0.15, 0.2) is 60.7 Å². The summed E-state index contributed by atoms with van der Waals surface area (Å²) in [5, 5.41) is 1.54. The molecule has 0 N–H and O–H groups in total. The van der Waals surface area contributed by atoms with Crippen LogP contribution >= 0.6 is 7.56 Å². The first-order valence-corrected chi connectivity index (χ1v) is 11.2. The molecule has 2 aromatic rings. The van der Waals surface area contributed by atoms with Gasteiger partial charge in [-0.3, -0.25) is 0 Å². The summed E-state index contributed by atoms with van der Waals surface area (Å²) in [4.78, 5) is 0. The second-order valence-electron chi connectivity index (χ2n) is 6.51. The first-order chi connectivity index (χ1) is 11.8. The monoisotopic (exact) mass is 420 g/mol. The third-order valence-electron chi connectivity index (χ3n) is 5.16. The van der Waals surface area contributed by atoms with Crippen molar-refractivity contribution in [3.8, 4) is 0 Å². The van der Waals surface area contributed by atoms with Crippen LogP contribution in [0.25, 0.3) is 0 Å². The van der Waals surface area contributed by atoms with Gasteiger partial charge in [-0.25, -0.2) is 0 Å². The summed E-state index contributed by atoms with van der Waals surface area (Å²) in [5.41, 5.74) is 1.47. The number of rotatable bonds is 7. The van der Waals surface area contributed by atoms with Crippen LogP contribution in [0, 0.1) is 0 Å². The van der Waals surface area contributed by atoms with Gasteiger partial charge in [-0.2, -0.15) is 9.34 Å². The lowest BCUT2D eigenvalue weighted by Gasteiger charge is -2.41. The second-order valence-corrected chi connectivity index (χ2v) is 9.93. The maximum absolute atomic E-state index is 2.84. The van der Waals surface area contributed by atoms with Gasteiger partial charge in [0.2, 0.25) is 0 Å². The van der Waals surface area contributed by atoms with Gasteiger partial charge in [0.15, 0.2) is 7.56 Å². The van der Waals surface area contributed by atoms with Crippen molar-refractivity contribution in [2.75, 3.05) is 26.2 Å². The highest BCUT2D eigenvalue weighted by Gasteiger charge is 2.52. The second kappa shape index (κ2) is 9.83. The SMILES string of the molecule is CCN(CC)[P+](Cc1ccccc1)(c1ccccc1)N1CCCC1.[Br-]. The number of benzene rings is 2. The van der Waals surface area contributed by atoms with Crippen LogP contribution in [0.5, 0.6) is 0 Å². The third-order valence-corrected chi connectivity index (χ3v) is 9.93. The molecule has 0 amide bonds. The molecule has 1 atom stereocenters. The summed E-state index contributed by atoms with van der Waals surface area (Å²) in [6.07, 6.45) is 3.83. The molecule has 0 saturated carbocycles. The van der Waals surface area contributed by atoms with E-state index in [1.807, 2.05) is 0 Å². The van der Waals surface area contributed by atoms with Gasteiger partial charge in [0.1, 0.15) is 11.5 Å². The van der Waals surface area contributed by atoms with Crippen LogP contribution in [0.2, 0.25) is 0 Å². The van der Waals surface area contributed by atoms with Crippen LogP contribution in [-0.2, 0) is 6.16 Å². The third kappa shape index (κ3) is 4.34. The quantitative estimate of drug-likeness (QED) is 0.630. The van der Waals surface area contributed by atoms with E-state index in [0.29, 0.717) is 0 Å². The molecule has 0 aromatic heterocycles. The molecule has 2 aromatic carbocycles. The highest BCUT2D eigenvalue weighted by Crippen LogP contribution is 2.66. The molecule has 0 radical (unpaired) electrons. The molecule has 0 spiro atoms. The normalized spacial score (nSPS) is 17.2. The Kier molecular flexibility index (Phi) is 8.09. The van der Waals surface area contributed by atoms with E-state index in [9.17, 15) is 0 Å². The van der Waals surface area contributed by atoms with E-state index in [2.05, 4.69) is 83.9 Å². The standard InChI is InChI=1S/C21H30N2P.BrH/c1-3-22(4-2)24(23-17-11-12-18-23,21-15-9-6-10-16-21)19-20-13-7-5-8-14-20;/h5-10,13-16H,3-4,11-12,17-19H2,1-2H3;1H/q+1;/p-1. The van der Waals surface area contributed by atoms with Crippen molar-refractivity contribution in [1.82, 2.24) is 9.34 Å². The van der Waals surface area contributed by atoms with Crippen molar-refractivity contribution in [3.63, 3.8) is 0 Å². The van der Waals surface area contributed by atoms with Gasteiger partial charge in [0.25, 0.3) is 0 Å². The fourth-order valence-corrected chi connectivity index (χ4v) is 8.87. The van der Waals surface area contributed by atoms with Crippen molar-refractivity contribution in [1.29, 1.82) is 0 Å². The van der Waals surface area contributed by atoms with Gasteiger partial charge in [-0.1, -0.05) is 48.5 Å². The first kappa shape index (κ1) is 20.6. The Bertz CT molecular complexity index is 608. The Morgan fingerprint density at radius 2 is 1.36 bits per heavy atom. The summed E-state index contributed by atoms with van der Waals surface area (Å²) in [7, 11) is -1.56. The molecule has 1 saturated heterocycles. The van der Waals surface area contributed by atoms with Gasteiger partial charge in [-0.05, 0) is 44.4 Å². The molecule has 1 aliphatic rings. The number of hydrogen-bond acceptors (Lipinski definition) is 2. The van der Waals surface area contributed by atoms with E-state index >= 15 is 0 Å². The van der Waals surface area contributed by atoms with Gasteiger partial charge in [-0.15, -0.1) is 0 Å². The molecule has 1 aliphatic heterocycles. The topological polar surface area (TPSA) is 6.48 Å². The minimum Gasteiger partial charge on any atom is -1.00 e. The highest BCUT2D eigenvalue weighted by atomic mass is 79.9. The zero-order valence-electron chi connectivity index (χ0n) is 15.4. The maximum Gasteiger partial charge on any atom is 0.190 e. The zero-order valence-corrected chi connectivity index (χ0v) is 17.9. The number of halogens is 1. The molecule has 3 rings (SSSR count). The van der Waals surface area contributed by atoms with Crippen LogP contribution in [0.3, 0.4) is 0 Å². The lowest BCUT2D eigenvalue weighted by atomic mass is 10.2. The molecule has 4 heteroatoms. The van der Waals surface area contributed by atoms with Crippen LogP contribution in [0.1, 0.15) is 32.3 Å². The molecular formula is C21H30BrN2P. The summed E-state index contributed by atoms with van der Waals surface area (Å²) >= 11 is 0. The van der Waals surface area contributed by atoms with E-state index in [0.717, 1.165) is 19.3 Å². The van der Waals surface area contributed by atoms with E-state index < -0.39 is 7.56 Å². The van der Waals surface area contributed by atoms with Crippen molar-refractivity contribution in [3.05, 3.63) is 66.2 Å². The number of nitrogens with zero attached hydrogens (tertiary/aromatic N) is 2. The highest BCUT2D eigenvalue weighted by molar-refractivity contribution is 7.78. The maximum atomic E-state index is 2.84. The smallest absolute Gasteiger partial charge is 0.190 e. The van der Waals surface area contributed by atoms with Gasteiger partial charge < -0.3 is 17.0 Å². The Morgan fingerprint density at radius 1 is 0.840 bits per heavy atom. The van der Waals surface area contributed by atoms with Crippen molar-refractivity contribution < 1.29 is 17.0 Å². The summed E-state index contributed by atoms with van der Waals surface area (Å²) < 4.78 is 5.60. The summed E-state index contributed by atoms with van der Waals surface area (Å²) in [6, 6.07) is 22.4. The molecule has 2 nitrogen and oxygen atoms in total. The predicted octanol–water partition coefficient (Wildman–Crippen LogP) is 1.80. The lowest BCUT2D eigenvalue weighted by Crippen LogP contribution is -3.00. The van der Waals surface area contributed by atoms with Gasteiger partial charge in [0.05, 0.1) is 0 Å². The lowest BCUT2D eigenvalue weighted by molar-refractivity contribution is -0.00000521. The Hall–Kier alpha value is -0.730. The van der Waals surface area contributed by atoms with E-state index in [-0.39, 0.29) is 17.0 Å². The predicted molar refractivity (Wildman–Crippen MR) is 107 cm³/mol. The largest absolute Gasteiger partial charge is 1.00 e. The molecule has 1 unspecified atom stereocenters. The van der Waals surface area contributed by atoms with E-state index in [1.165, 1.54) is 31.5 Å². The van der Waals surface area contributed by atoms with Crippen LogP contribution in [-0.4, -0.2) is 35.5 Å². The van der Waals surface area contributed by atoms with Crippen molar-refractivity contribution >= 4 is 12.9 Å². The van der Waals surface area contributed by atoms with E-state index in [1.54, 1.807) is 5.30 Å². The summed E-state index contributed by atoms with van der Waals surface area (Å²) in [5.74, 6) is 0. The average Bonchev–Trinajstić information content (AvgIpc) is 3.18. The molecule has 136 valence electrons. The number of hydrogen-bond donors (Lipinski definition) is 0. The van der Waals surface area contributed by atoms with Crippen molar-refractivity contribution in [2.24, 2.45) is 0 Å². The first-order valence-electron chi connectivity index (χ1n) is 9.29. The minimum absolute atomic E-state index is 0. The average molecular weight is 421 g/mol. The Balaban J connectivity index is 0.00000225. The molecular weight excluding hydrogens is 391 g/mol.